The molecule has 2 N–H and O–H groups in total. The van der Waals surface area contributed by atoms with Crippen LogP contribution in [0.15, 0.2) is 0 Å². The van der Waals surface area contributed by atoms with Gasteiger partial charge in [0.15, 0.2) is 0 Å². The predicted octanol–water partition coefficient (Wildman–Crippen LogP) is 1.56. The number of nitrogens with zero attached hydrogens (tertiary/aromatic N) is 1. The van der Waals surface area contributed by atoms with Crippen LogP contribution in [0.25, 0.3) is 0 Å². The second-order valence-corrected chi connectivity index (χ2v) is 8.86. The maximum Gasteiger partial charge on any atom is 0.471 e. The maximum absolute atomic E-state index is 13.1. The van der Waals surface area contributed by atoms with Gasteiger partial charge in [-0.25, -0.2) is 4.79 Å². The Kier molecular flexibility index (Phi) is 4.72. The number of nitrogens with one attached hydrogen (secondary N) is 1. The van der Waals surface area contributed by atoms with Gasteiger partial charge < -0.3 is 20.1 Å². The molecule has 10 heteroatoms. The minimum absolute atomic E-state index is 0.106. The van der Waals surface area contributed by atoms with E-state index in [1.807, 2.05) is 20.8 Å². The third-order valence-corrected chi connectivity index (χ3v) is 6.75. The highest BCUT2D eigenvalue weighted by Gasteiger charge is 2.77. The van der Waals surface area contributed by atoms with E-state index < -0.39 is 47.6 Å². The Bertz CT molecular complexity index is 706. The summed E-state index contributed by atoms with van der Waals surface area (Å²) in [6, 6.07) is -2.76. The number of amides is 2. The van der Waals surface area contributed by atoms with Crippen molar-refractivity contribution in [2.45, 2.75) is 71.0 Å². The molecule has 2 amide bonds. The Labute approximate surface area is 160 Å². The first kappa shape index (κ1) is 20.9. The normalized spacial score (nSPS) is 33.0. The fraction of sp³-hybridized carbons (Fsp3) is 0.833. The summed E-state index contributed by atoms with van der Waals surface area (Å²) in [5, 5.41) is 11.4. The number of hydrogen-bond acceptors (Lipinski definition) is 4. The quantitative estimate of drug-likeness (QED) is 0.698. The molecule has 28 heavy (non-hydrogen) atoms. The molecule has 1 aliphatic heterocycles. The van der Waals surface area contributed by atoms with E-state index >= 15 is 0 Å². The molecule has 0 aromatic heterocycles. The number of carboxylic acids is 1. The zero-order valence-electron chi connectivity index (χ0n) is 16.2. The van der Waals surface area contributed by atoms with Crippen molar-refractivity contribution in [3.05, 3.63) is 0 Å². The Balaban J connectivity index is 1.84. The lowest BCUT2D eigenvalue weighted by Crippen LogP contribution is -2.59. The van der Waals surface area contributed by atoms with E-state index in [4.69, 9.17) is 4.74 Å². The highest BCUT2D eigenvalue weighted by atomic mass is 19.4. The van der Waals surface area contributed by atoms with E-state index in [9.17, 15) is 32.7 Å². The molecule has 0 unspecified atom stereocenters. The molecule has 1 saturated heterocycles. The van der Waals surface area contributed by atoms with Crippen molar-refractivity contribution < 1.29 is 37.4 Å². The van der Waals surface area contributed by atoms with Crippen molar-refractivity contribution in [2.24, 2.45) is 16.7 Å². The molecule has 2 aliphatic carbocycles. The van der Waals surface area contributed by atoms with Gasteiger partial charge in [0.2, 0.25) is 5.91 Å². The number of alkyl halides is 3. The number of carbonyl (C=O) groups is 3. The third-order valence-electron chi connectivity index (χ3n) is 6.75. The van der Waals surface area contributed by atoms with E-state index in [0.717, 1.165) is 17.7 Å². The highest BCUT2D eigenvalue weighted by Crippen LogP contribution is 2.74. The second-order valence-electron chi connectivity index (χ2n) is 8.86. The van der Waals surface area contributed by atoms with E-state index in [0.29, 0.717) is 0 Å². The van der Waals surface area contributed by atoms with E-state index in [2.05, 4.69) is 0 Å². The summed E-state index contributed by atoms with van der Waals surface area (Å²) in [7, 11) is 0. The van der Waals surface area contributed by atoms with Crippen LogP contribution in [0.2, 0.25) is 0 Å². The molecule has 3 aliphatic rings. The number of halogens is 3. The van der Waals surface area contributed by atoms with Crippen molar-refractivity contribution in [2.75, 3.05) is 6.54 Å². The van der Waals surface area contributed by atoms with Gasteiger partial charge in [-0.05, 0) is 30.6 Å². The summed E-state index contributed by atoms with van der Waals surface area (Å²) in [6.45, 7) is 7.22. The van der Waals surface area contributed by atoms with Gasteiger partial charge >= 0.3 is 18.1 Å². The first-order valence-electron chi connectivity index (χ1n) is 9.28. The van der Waals surface area contributed by atoms with Crippen LogP contribution in [0.3, 0.4) is 0 Å². The molecule has 1 heterocycles. The Morgan fingerprint density at radius 2 is 1.79 bits per heavy atom. The summed E-state index contributed by atoms with van der Waals surface area (Å²) < 4.78 is 43.8. The molecular weight excluding hydrogens is 381 g/mol. The lowest BCUT2D eigenvalue weighted by molar-refractivity contribution is -0.176. The molecule has 3 fully saturated rings. The van der Waals surface area contributed by atoms with Crippen LogP contribution in [-0.2, 0) is 19.1 Å². The summed E-state index contributed by atoms with van der Waals surface area (Å²) in [6.07, 6.45) is -4.88. The van der Waals surface area contributed by atoms with Crippen LogP contribution in [0.4, 0.5) is 13.2 Å². The number of ether oxygens (including phenoxy) is 1. The van der Waals surface area contributed by atoms with Crippen molar-refractivity contribution in [3.63, 3.8) is 0 Å². The number of carbonyl (C=O) groups excluding carboxylic acids is 2. The van der Waals surface area contributed by atoms with Crippen molar-refractivity contribution in [1.82, 2.24) is 10.2 Å². The standard InChI is InChI=1S/C18H25F3N2O5/c1-8(28-9-5-6-9)10(22-15(27)18(19,20)21)13(24)23-7-17(4)12(16(17,2)3)11(23)14(25)26/h8-12H,5-7H2,1-4H3,(H,22,27)(H,25,26)/t8-,10+,11+,12+,17+/m1/s1. The molecule has 158 valence electrons. The molecule has 2 saturated carbocycles. The Hall–Kier alpha value is -1.84. The summed E-state index contributed by atoms with van der Waals surface area (Å²) >= 11 is 0. The molecule has 3 rings (SSSR count). The first-order chi connectivity index (χ1) is 12.7. The predicted molar refractivity (Wildman–Crippen MR) is 90.1 cm³/mol. The number of carboxylic acid groups (broad SMARTS) is 1. The molecule has 5 atom stereocenters. The zero-order chi connectivity index (χ0) is 21.2. The Morgan fingerprint density at radius 3 is 2.25 bits per heavy atom. The van der Waals surface area contributed by atoms with Crippen LogP contribution in [0, 0.1) is 16.7 Å². The zero-order valence-corrected chi connectivity index (χ0v) is 16.2. The molecule has 7 nitrogen and oxygen atoms in total. The largest absolute Gasteiger partial charge is 0.480 e. The molecular formula is C18H25F3N2O5. The summed E-state index contributed by atoms with van der Waals surface area (Å²) in [5.41, 5.74) is -0.738. The molecule has 0 radical (unpaired) electrons. The number of rotatable bonds is 6. The van der Waals surface area contributed by atoms with E-state index in [-0.39, 0.29) is 24.0 Å². The van der Waals surface area contributed by atoms with Crippen LogP contribution in [0.1, 0.15) is 40.5 Å². The summed E-state index contributed by atoms with van der Waals surface area (Å²) in [5.74, 6) is -4.62. The lowest BCUT2D eigenvalue weighted by Gasteiger charge is -2.34. The molecule has 0 aromatic rings. The number of hydrogen-bond donors (Lipinski definition) is 2. The van der Waals surface area contributed by atoms with Crippen molar-refractivity contribution in [3.8, 4) is 0 Å². The minimum atomic E-state index is -5.16. The minimum Gasteiger partial charge on any atom is -0.480 e. The lowest BCUT2D eigenvalue weighted by atomic mass is 9.96. The van der Waals surface area contributed by atoms with Crippen LogP contribution in [0.5, 0.6) is 0 Å². The Morgan fingerprint density at radius 1 is 1.21 bits per heavy atom. The molecule has 0 spiro atoms. The van der Waals surface area contributed by atoms with Crippen molar-refractivity contribution in [1.29, 1.82) is 0 Å². The van der Waals surface area contributed by atoms with E-state index in [1.54, 1.807) is 5.32 Å². The molecule has 0 bridgehead atoms. The van der Waals surface area contributed by atoms with Gasteiger partial charge in [-0.1, -0.05) is 20.8 Å². The van der Waals surface area contributed by atoms with Crippen LogP contribution < -0.4 is 5.32 Å². The smallest absolute Gasteiger partial charge is 0.471 e. The van der Waals surface area contributed by atoms with Gasteiger partial charge in [0.25, 0.3) is 0 Å². The number of fused-ring (bicyclic) bond motifs is 1. The number of aliphatic carboxylic acids is 1. The molecule has 0 aromatic carbocycles. The average molecular weight is 406 g/mol. The number of likely N-dealkylation sites (tertiary alicyclic amines) is 1. The van der Waals surface area contributed by atoms with Gasteiger partial charge in [0.1, 0.15) is 12.1 Å². The first-order valence-corrected chi connectivity index (χ1v) is 9.28. The third kappa shape index (κ3) is 3.25. The van der Waals surface area contributed by atoms with Gasteiger partial charge in [0.05, 0.1) is 12.2 Å². The van der Waals surface area contributed by atoms with Gasteiger partial charge in [-0.3, -0.25) is 9.59 Å². The van der Waals surface area contributed by atoms with Gasteiger partial charge in [0, 0.05) is 12.5 Å². The van der Waals surface area contributed by atoms with Crippen LogP contribution >= 0.6 is 0 Å². The fourth-order valence-electron chi connectivity index (χ4n) is 4.65. The maximum atomic E-state index is 13.1. The SMILES string of the molecule is C[C@@H](OC1CC1)[C@H](NC(=O)C(F)(F)F)C(=O)N1C[C@@]2(C)[C@@H]([C@H]1C(=O)O)C2(C)C. The van der Waals surface area contributed by atoms with Gasteiger partial charge in [-0.2, -0.15) is 13.2 Å². The second kappa shape index (κ2) is 6.33. The monoisotopic (exact) mass is 406 g/mol. The summed E-state index contributed by atoms with van der Waals surface area (Å²) in [4.78, 5) is 37.5. The number of piperidine rings is 1. The van der Waals surface area contributed by atoms with Crippen LogP contribution in [-0.4, -0.2) is 64.8 Å². The highest BCUT2D eigenvalue weighted by molar-refractivity contribution is 5.93. The fourth-order valence-corrected chi connectivity index (χ4v) is 4.65. The average Bonchev–Trinajstić information content (AvgIpc) is 3.39. The van der Waals surface area contributed by atoms with Crippen molar-refractivity contribution >= 4 is 17.8 Å². The van der Waals surface area contributed by atoms with Gasteiger partial charge in [-0.15, -0.1) is 0 Å². The van der Waals surface area contributed by atoms with E-state index in [1.165, 1.54) is 6.92 Å². The topological polar surface area (TPSA) is 95.9 Å².